The lowest BCUT2D eigenvalue weighted by atomic mass is 10.0. The molecule has 0 aliphatic carbocycles. The quantitative estimate of drug-likeness (QED) is 0.105. The Morgan fingerprint density at radius 2 is 1.96 bits per heavy atom. The van der Waals surface area contributed by atoms with E-state index in [2.05, 4.69) is 98.3 Å². The maximum Gasteiger partial charge on any atom is 0.273 e. The van der Waals surface area contributed by atoms with Crippen LogP contribution in [-0.2, 0) is 29.3 Å². The highest BCUT2D eigenvalue weighted by Gasteiger charge is 2.37. The normalized spacial score (nSPS) is 15.8. The number of carbonyl (C=O) groups is 1. The number of ether oxygens (including phenoxy) is 1. The maximum atomic E-state index is 13.8. The van der Waals surface area contributed by atoms with Gasteiger partial charge in [0.05, 0.1) is 45.5 Å². The van der Waals surface area contributed by atoms with E-state index in [-0.39, 0.29) is 17.2 Å². The largest absolute Gasteiger partial charge is 0.415 e. The van der Waals surface area contributed by atoms with E-state index in [1.165, 1.54) is 0 Å². The fraction of sp³-hybridized carbons (Fsp3) is 0.556. The van der Waals surface area contributed by atoms with E-state index in [1.807, 2.05) is 47.3 Å². The summed E-state index contributed by atoms with van der Waals surface area (Å²) in [6.07, 6.45) is 6.90. The number of likely N-dealkylation sites (N-methyl/N-ethyl adjacent to an activating group) is 2. The lowest BCUT2D eigenvalue weighted by Crippen LogP contribution is -2.41. The molecule has 4 aromatic rings. The number of nitrogens with zero attached hydrogens (tertiary/aromatic N) is 8. The molecular formula is C36H53IN8O3Si. The standard InChI is InChI=1S/C36H53IN8O3Si/c1-11-29-27-22-26(15-16-30(27)45(40-29)32-14-12-13-20-47-32)28-23-38-43(8)31(28)24-41(6)17-18-42(7)35(46)34-33(37)25(2)39-44(34)19-21-48-49(9,10)36(3,4)5/h11,15-16,22-23,32H,1,12-14,17-21,24H2,2-10H3. The molecule has 0 saturated carbocycles. The zero-order chi connectivity index (χ0) is 35.7. The third-order valence-corrected chi connectivity index (χ3v) is 16.0. The Bertz CT molecular complexity index is 1800. The molecule has 0 bridgehead atoms. The lowest BCUT2D eigenvalue weighted by Gasteiger charge is -2.36. The number of carbonyl (C=O) groups excluding carboxylic acids is 1. The van der Waals surface area contributed by atoms with Crippen molar-refractivity contribution in [3.63, 3.8) is 0 Å². The molecule has 4 heterocycles. The molecule has 1 saturated heterocycles. The van der Waals surface area contributed by atoms with Crippen LogP contribution in [0.15, 0.2) is 31.0 Å². The second-order valence-corrected chi connectivity index (χ2v) is 20.6. The molecule has 1 amide bonds. The highest BCUT2D eigenvalue weighted by molar-refractivity contribution is 14.1. The van der Waals surface area contributed by atoms with Gasteiger partial charge in [0.25, 0.3) is 5.91 Å². The summed E-state index contributed by atoms with van der Waals surface area (Å²) in [7, 11) is 4.03. The van der Waals surface area contributed by atoms with Gasteiger partial charge in [0.2, 0.25) is 0 Å². The summed E-state index contributed by atoms with van der Waals surface area (Å²) in [6.45, 7) is 21.0. The minimum atomic E-state index is -1.90. The molecule has 1 atom stereocenters. The van der Waals surface area contributed by atoms with Gasteiger partial charge in [-0.15, -0.1) is 0 Å². The molecule has 5 rings (SSSR count). The van der Waals surface area contributed by atoms with Crippen LogP contribution in [0.2, 0.25) is 18.1 Å². The van der Waals surface area contributed by atoms with Crippen LogP contribution in [0.1, 0.15) is 73.8 Å². The first-order chi connectivity index (χ1) is 23.1. The fourth-order valence-electron chi connectivity index (χ4n) is 5.98. The van der Waals surface area contributed by atoms with Crippen LogP contribution in [0.3, 0.4) is 0 Å². The van der Waals surface area contributed by atoms with Crippen molar-refractivity contribution in [3.05, 3.63) is 57.3 Å². The predicted octanol–water partition coefficient (Wildman–Crippen LogP) is 7.11. The van der Waals surface area contributed by atoms with Gasteiger partial charge in [0, 0.05) is 51.3 Å². The Morgan fingerprint density at radius 1 is 1.20 bits per heavy atom. The molecule has 49 heavy (non-hydrogen) atoms. The monoisotopic (exact) mass is 800 g/mol. The van der Waals surface area contributed by atoms with Crippen molar-refractivity contribution < 1.29 is 14.0 Å². The summed E-state index contributed by atoms with van der Waals surface area (Å²) in [5, 5.41) is 15.4. The number of aromatic nitrogens is 6. The number of aryl methyl sites for hydroxylation is 2. The summed E-state index contributed by atoms with van der Waals surface area (Å²) >= 11 is 2.25. The molecule has 11 nitrogen and oxygen atoms in total. The molecule has 1 fully saturated rings. The first kappa shape index (κ1) is 37.4. The van der Waals surface area contributed by atoms with E-state index in [1.54, 1.807) is 4.90 Å². The van der Waals surface area contributed by atoms with E-state index in [4.69, 9.17) is 19.4 Å². The second kappa shape index (κ2) is 15.2. The van der Waals surface area contributed by atoms with Crippen molar-refractivity contribution in [2.24, 2.45) is 7.05 Å². The fourth-order valence-corrected chi connectivity index (χ4v) is 7.63. The molecule has 0 N–H and O–H groups in total. The van der Waals surface area contributed by atoms with Crippen LogP contribution in [0.4, 0.5) is 0 Å². The number of benzene rings is 1. The summed E-state index contributed by atoms with van der Waals surface area (Å²) < 4.78 is 19.1. The average Bonchev–Trinajstić information content (AvgIpc) is 3.71. The van der Waals surface area contributed by atoms with E-state index < -0.39 is 8.32 Å². The van der Waals surface area contributed by atoms with Crippen LogP contribution >= 0.6 is 22.6 Å². The van der Waals surface area contributed by atoms with E-state index in [9.17, 15) is 4.79 Å². The van der Waals surface area contributed by atoms with Crippen molar-refractivity contribution >= 4 is 53.8 Å². The van der Waals surface area contributed by atoms with Crippen LogP contribution in [0, 0.1) is 10.5 Å². The Kier molecular flexibility index (Phi) is 11.6. The zero-order valence-electron chi connectivity index (χ0n) is 30.7. The van der Waals surface area contributed by atoms with E-state index in [0.29, 0.717) is 38.5 Å². The minimum Gasteiger partial charge on any atom is -0.415 e. The van der Waals surface area contributed by atoms with Gasteiger partial charge in [-0.3, -0.25) is 19.1 Å². The number of hydrogen-bond acceptors (Lipinski definition) is 7. The number of fused-ring (bicyclic) bond motifs is 1. The molecular weight excluding hydrogens is 747 g/mol. The lowest BCUT2D eigenvalue weighted by molar-refractivity contribution is -0.0367. The average molecular weight is 801 g/mol. The van der Waals surface area contributed by atoms with Gasteiger partial charge in [-0.05, 0) is 97.7 Å². The van der Waals surface area contributed by atoms with Crippen LogP contribution < -0.4 is 0 Å². The molecule has 1 aliphatic heterocycles. The Hall–Kier alpha value is -2.85. The predicted molar refractivity (Wildman–Crippen MR) is 207 cm³/mol. The van der Waals surface area contributed by atoms with Gasteiger partial charge >= 0.3 is 0 Å². The number of hydrogen-bond donors (Lipinski definition) is 0. The van der Waals surface area contributed by atoms with E-state index in [0.717, 1.165) is 68.6 Å². The smallest absolute Gasteiger partial charge is 0.273 e. The van der Waals surface area contributed by atoms with Gasteiger partial charge in [0.1, 0.15) is 5.69 Å². The number of rotatable bonds is 13. The van der Waals surface area contributed by atoms with Crippen molar-refractivity contribution in [2.45, 2.75) is 84.4 Å². The Labute approximate surface area is 305 Å². The van der Waals surface area contributed by atoms with Crippen molar-refractivity contribution in [2.75, 3.05) is 40.4 Å². The topological polar surface area (TPSA) is 95.5 Å². The van der Waals surface area contributed by atoms with Gasteiger partial charge in [-0.1, -0.05) is 33.4 Å². The van der Waals surface area contributed by atoms with Gasteiger partial charge in [-0.25, -0.2) is 4.68 Å². The molecule has 3 aromatic heterocycles. The molecule has 1 unspecified atom stereocenters. The molecule has 1 aromatic carbocycles. The van der Waals surface area contributed by atoms with E-state index >= 15 is 0 Å². The zero-order valence-corrected chi connectivity index (χ0v) is 33.9. The Balaban J connectivity index is 1.25. The van der Waals surface area contributed by atoms with Gasteiger partial charge < -0.3 is 14.1 Å². The first-order valence-electron chi connectivity index (χ1n) is 17.2. The van der Waals surface area contributed by atoms with Crippen LogP contribution in [0.5, 0.6) is 0 Å². The van der Waals surface area contributed by atoms with Crippen LogP contribution in [-0.4, -0.2) is 93.8 Å². The summed E-state index contributed by atoms with van der Waals surface area (Å²) in [4.78, 5) is 17.8. The summed E-state index contributed by atoms with van der Waals surface area (Å²) in [5.41, 5.74) is 6.66. The summed E-state index contributed by atoms with van der Waals surface area (Å²) in [5.74, 6) is -0.0301. The highest BCUT2D eigenvalue weighted by Crippen LogP contribution is 2.37. The molecule has 0 spiro atoms. The molecule has 1 aliphatic rings. The third kappa shape index (κ3) is 8.06. The maximum absolute atomic E-state index is 13.8. The minimum absolute atomic E-state index is 0.0301. The van der Waals surface area contributed by atoms with Crippen LogP contribution in [0.25, 0.3) is 28.1 Å². The Morgan fingerprint density at radius 3 is 2.63 bits per heavy atom. The third-order valence-electron chi connectivity index (χ3n) is 10.1. The SMILES string of the molecule is C=Cc1nn(C2CCCCO2)c2ccc(-c3cnn(C)c3CN(C)CCN(C)C(=O)c3c(I)c(C)nn3CCO[Si](C)(C)C(C)(C)C)cc12. The number of amides is 1. The summed E-state index contributed by atoms with van der Waals surface area (Å²) in [6, 6.07) is 6.47. The van der Waals surface area contributed by atoms with Gasteiger partial charge in [0.15, 0.2) is 14.5 Å². The molecule has 13 heteroatoms. The van der Waals surface area contributed by atoms with Crippen molar-refractivity contribution in [1.29, 1.82) is 0 Å². The van der Waals surface area contributed by atoms with Gasteiger partial charge in [-0.2, -0.15) is 15.3 Å². The molecule has 0 radical (unpaired) electrons. The highest BCUT2D eigenvalue weighted by atomic mass is 127. The number of halogens is 1. The van der Waals surface area contributed by atoms with Crippen molar-refractivity contribution in [1.82, 2.24) is 39.1 Å². The molecule has 266 valence electrons. The second-order valence-electron chi connectivity index (χ2n) is 14.8. The van der Waals surface area contributed by atoms with Crippen molar-refractivity contribution in [3.8, 4) is 11.1 Å². The first-order valence-corrected chi connectivity index (χ1v) is 21.2.